The number of benzene rings is 1. The third kappa shape index (κ3) is 3.27. The Morgan fingerprint density at radius 1 is 1.10 bits per heavy atom. The third-order valence-electron chi connectivity index (χ3n) is 6.06. The highest BCUT2D eigenvalue weighted by molar-refractivity contribution is 9.10. The second-order valence-electron chi connectivity index (χ2n) is 7.74. The van der Waals surface area contributed by atoms with E-state index in [1.165, 1.54) is 0 Å². The van der Waals surface area contributed by atoms with Crippen LogP contribution in [0.3, 0.4) is 0 Å². The van der Waals surface area contributed by atoms with Gasteiger partial charge in [-0.05, 0) is 40.9 Å². The lowest BCUT2D eigenvalue weighted by Crippen LogP contribution is -2.48. The maximum Gasteiger partial charge on any atom is 0.320 e. The lowest BCUT2D eigenvalue weighted by molar-refractivity contribution is 0.0680. The fraction of sp³-hybridized carbons (Fsp3) is 0.450. The number of fused-ring (bicyclic) bond motifs is 2. The molecule has 3 aromatic rings. The number of rotatable bonds is 2. The Labute approximate surface area is 180 Å². The molecule has 2 aromatic heterocycles. The number of aromatic nitrogens is 4. The van der Waals surface area contributed by atoms with Crippen LogP contribution in [0.25, 0.3) is 11.0 Å². The zero-order valence-corrected chi connectivity index (χ0v) is 17.8. The van der Waals surface area contributed by atoms with Gasteiger partial charge in [0.15, 0.2) is 4.73 Å². The van der Waals surface area contributed by atoms with Gasteiger partial charge in [0.25, 0.3) is 0 Å². The predicted molar refractivity (Wildman–Crippen MR) is 110 cm³/mol. The first kappa shape index (κ1) is 19.5. The molecule has 0 saturated carbocycles. The van der Waals surface area contributed by atoms with Crippen molar-refractivity contribution < 1.29 is 13.6 Å². The van der Waals surface area contributed by atoms with E-state index in [-0.39, 0.29) is 11.9 Å². The van der Waals surface area contributed by atoms with Crippen LogP contribution in [-0.2, 0) is 13.1 Å². The molecule has 0 aliphatic carbocycles. The van der Waals surface area contributed by atoms with E-state index in [0.717, 1.165) is 15.0 Å². The molecule has 30 heavy (non-hydrogen) atoms. The lowest BCUT2D eigenvalue weighted by atomic mass is 9.96. The summed E-state index contributed by atoms with van der Waals surface area (Å²) in [5.74, 6) is 0.333. The molecule has 1 saturated heterocycles. The van der Waals surface area contributed by atoms with Crippen molar-refractivity contribution in [3.8, 4) is 0 Å². The molecule has 2 aliphatic rings. The van der Waals surface area contributed by atoms with E-state index in [4.69, 9.17) is 0 Å². The van der Waals surface area contributed by atoms with Crippen LogP contribution in [-0.4, -0.2) is 54.6 Å². The predicted octanol–water partition coefficient (Wildman–Crippen LogP) is 4.21. The van der Waals surface area contributed by atoms with Gasteiger partial charge in [0, 0.05) is 32.1 Å². The number of urea groups is 1. The van der Waals surface area contributed by atoms with Crippen LogP contribution < -0.4 is 0 Å². The van der Waals surface area contributed by atoms with Crippen molar-refractivity contribution in [3.63, 3.8) is 0 Å². The summed E-state index contributed by atoms with van der Waals surface area (Å²) in [5.41, 5.74) is 2.04. The fourth-order valence-corrected chi connectivity index (χ4v) is 5.00. The van der Waals surface area contributed by atoms with Gasteiger partial charge in [-0.25, -0.2) is 14.8 Å². The van der Waals surface area contributed by atoms with Gasteiger partial charge in [-0.1, -0.05) is 12.1 Å². The summed E-state index contributed by atoms with van der Waals surface area (Å²) in [6.07, 6.45) is 3.03. The number of carbonyl (C=O) groups is 1. The summed E-state index contributed by atoms with van der Waals surface area (Å²) in [5, 5.41) is 0. The van der Waals surface area contributed by atoms with Gasteiger partial charge < -0.3 is 14.4 Å². The first-order valence-electron chi connectivity index (χ1n) is 10.0. The van der Waals surface area contributed by atoms with Crippen molar-refractivity contribution in [3.05, 3.63) is 46.7 Å². The number of likely N-dealkylation sites (tertiary alicyclic amines) is 1. The molecule has 0 N–H and O–H groups in total. The number of halogens is 3. The molecule has 0 radical (unpaired) electrons. The van der Waals surface area contributed by atoms with E-state index in [0.29, 0.717) is 62.4 Å². The van der Waals surface area contributed by atoms with Gasteiger partial charge >= 0.3 is 12.6 Å². The van der Waals surface area contributed by atoms with Crippen LogP contribution in [0.4, 0.5) is 13.6 Å². The molecule has 0 unspecified atom stereocenters. The van der Waals surface area contributed by atoms with Crippen molar-refractivity contribution in [1.29, 1.82) is 0 Å². The van der Waals surface area contributed by atoms with Crippen molar-refractivity contribution in [1.82, 2.24) is 28.9 Å². The van der Waals surface area contributed by atoms with E-state index in [9.17, 15) is 13.6 Å². The quantitative estimate of drug-likeness (QED) is 0.554. The Balaban J connectivity index is 1.28. The molecular formula is C20H21BrF2N6O. The van der Waals surface area contributed by atoms with Crippen molar-refractivity contribution in [2.45, 2.75) is 38.4 Å². The van der Waals surface area contributed by atoms with Gasteiger partial charge in [-0.15, -0.1) is 0 Å². The molecule has 1 aromatic carbocycles. The Morgan fingerprint density at radius 2 is 1.87 bits per heavy atom. The van der Waals surface area contributed by atoms with Crippen LogP contribution in [0.15, 0.2) is 35.2 Å². The highest BCUT2D eigenvalue weighted by atomic mass is 79.9. The van der Waals surface area contributed by atoms with Crippen LogP contribution >= 0.6 is 15.9 Å². The van der Waals surface area contributed by atoms with Gasteiger partial charge in [0.1, 0.15) is 5.82 Å². The highest BCUT2D eigenvalue weighted by Gasteiger charge is 2.32. The van der Waals surface area contributed by atoms with E-state index in [2.05, 4.69) is 30.5 Å². The maximum absolute atomic E-state index is 13.8. The molecule has 158 valence electrons. The number of hydrogen-bond acceptors (Lipinski definition) is 3. The van der Waals surface area contributed by atoms with E-state index in [1.54, 1.807) is 30.5 Å². The summed E-state index contributed by atoms with van der Waals surface area (Å²) in [6, 6.07) is 6.99. The van der Waals surface area contributed by atoms with Crippen molar-refractivity contribution >= 4 is 33.0 Å². The second kappa shape index (κ2) is 7.64. The number of carbonyl (C=O) groups excluding carboxylic acids is 1. The van der Waals surface area contributed by atoms with E-state index < -0.39 is 6.55 Å². The second-order valence-corrected chi connectivity index (χ2v) is 8.45. The topological polar surface area (TPSA) is 59.2 Å². The van der Waals surface area contributed by atoms with E-state index in [1.807, 2.05) is 9.80 Å². The average molecular weight is 479 g/mol. The Bertz CT molecular complexity index is 1090. The Hall–Kier alpha value is -2.49. The zero-order chi connectivity index (χ0) is 20.8. The lowest BCUT2D eigenvalue weighted by Gasteiger charge is -2.37. The van der Waals surface area contributed by atoms with Gasteiger partial charge in [0.05, 0.1) is 29.5 Å². The zero-order valence-electron chi connectivity index (χ0n) is 16.2. The number of piperidine rings is 1. The summed E-state index contributed by atoms with van der Waals surface area (Å²) in [4.78, 5) is 25.4. The monoisotopic (exact) mass is 478 g/mol. The normalized spacial score (nSPS) is 17.7. The molecule has 2 amide bonds. The maximum atomic E-state index is 13.8. The number of alkyl halides is 2. The number of nitrogens with zero attached hydrogens (tertiary/aromatic N) is 6. The summed E-state index contributed by atoms with van der Waals surface area (Å²) >= 11 is 3.42. The molecule has 5 rings (SSSR count). The van der Waals surface area contributed by atoms with E-state index >= 15 is 0 Å². The first-order chi connectivity index (χ1) is 14.5. The molecule has 0 spiro atoms. The van der Waals surface area contributed by atoms with Crippen LogP contribution in [0.1, 0.15) is 36.8 Å². The molecule has 10 heteroatoms. The third-order valence-corrected chi connectivity index (χ3v) is 6.69. The molecule has 7 nitrogen and oxygen atoms in total. The van der Waals surface area contributed by atoms with Crippen LogP contribution in [0.2, 0.25) is 0 Å². The summed E-state index contributed by atoms with van der Waals surface area (Å²) < 4.78 is 31.4. The van der Waals surface area contributed by atoms with Gasteiger partial charge in [-0.3, -0.25) is 4.57 Å². The smallest absolute Gasteiger partial charge is 0.320 e. The number of imidazole rings is 2. The Kier molecular flexibility index (Phi) is 4.96. The van der Waals surface area contributed by atoms with Gasteiger partial charge in [-0.2, -0.15) is 8.78 Å². The van der Waals surface area contributed by atoms with Gasteiger partial charge in [0.2, 0.25) is 0 Å². The SMILES string of the molecule is O=C(N1CCC(c2nc3ccccc3n2C(F)F)CC1)N1CCn2c(cnc2Br)C1. The summed E-state index contributed by atoms with van der Waals surface area (Å²) in [7, 11) is 0. The molecule has 0 bridgehead atoms. The molecule has 1 fully saturated rings. The van der Waals surface area contributed by atoms with Crippen molar-refractivity contribution in [2.75, 3.05) is 19.6 Å². The molecule has 2 aliphatic heterocycles. The standard InChI is InChI=1S/C20H21BrF2N6O/c21-18-24-11-14-12-27(9-10-28(14)18)20(30)26-7-5-13(6-8-26)17-25-15-3-1-2-4-16(15)29(17)19(22)23/h1-4,11,13,19H,5-10,12H2. The average Bonchev–Trinajstić information content (AvgIpc) is 3.34. The minimum Gasteiger partial charge on any atom is -0.325 e. The fourth-order valence-electron chi connectivity index (χ4n) is 4.49. The minimum absolute atomic E-state index is 0.000569. The molecule has 0 atom stereocenters. The largest absolute Gasteiger partial charge is 0.325 e. The van der Waals surface area contributed by atoms with Crippen LogP contribution in [0, 0.1) is 0 Å². The molecular weight excluding hydrogens is 458 g/mol. The number of amides is 2. The first-order valence-corrected chi connectivity index (χ1v) is 10.8. The highest BCUT2D eigenvalue weighted by Crippen LogP contribution is 2.33. The number of para-hydroxylation sites is 2. The molecule has 4 heterocycles. The van der Waals surface area contributed by atoms with Crippen LogP contribution in [0.5, 0.6) is 0 Å². The van der Waals surface area contributed by atoms with Crippen molar-refractivity contribution in [2.24, 2.45) is 0 Å². The Morgan fingerprint density at radius 3 is 2.63 bits per heavy atom. The number of hydrogen-bond donors (Lipinski definition) is 0. The summed E-state index contributed by atoms with van der Waals surface area (Å²) in [6.45, 7) is 0.298. The minimum atomic E-state index is -2.63.